The first kappa shape index (κ1) is 18.9. The maximum Gasteiger partial charge on any atom is 0.355 e. The fraction of sp³-hybridized carbons (Fsp3) is 0.182. The van der Waals surface area contributed by atoms with E-state index in [2.05, 4.69) is 22.0 Å². The van der Waals surface area contributed by atoms with Crippen molar-refractivity contribution >= 4 is 21.9 Å². The maximum atomic E-state index is 12.8. The van der Waals surface area contributed by atoms with E-state index in [0.29, 0.717) is 17.8 Å². The third kappa shape index (κ3) is 4.12. The Bertz CT molecular complexity index is 1000. The number of rotatable bonds is 5. The first-order valence-electron chi connectivity index (χ1n) is 8.56. The molecule has 0 amide bonds. The molecule has 0 N–H and O–H groups in total. The average molecular weight is 423 g/mol. The first-order valence-corrected chi connectivity index (χ1v) is 9.36. The Morgan fingerprint density at radius 2 is 1.74 bits per heavy atom. The zero-order valence-corrected chi connectivity index (χ0v) is 16.8. The van der Waals surface area contributed by atoms with E-state index in [-0.39, 0.29) is 12.6 Å². The molecule has 0 saturated heterocycles. The minimum atomic E-state index is -0.348. The Labute approximate surface area is 167 Å². The van der Waals surface area contributed by atoms with E-state index < -0.39 is 0 Å². The van der Waals surface area contributed by atoms with Gasteiger partial charge in [0.15, 0.2) is 0 Å². The second-order valence-corrected chi connectivity index (χ2v) is 7.12. The average Bonchev–Trinajstić information content (AvgIpc) is 2.91. The van der Waals surface area contributed by atoms with Gasteiger partial charge in [0, 0.05) is 16.7 Å². The minimum absolute atomic E-state index is 0.234. The fourth-order valence-corrected chi connectivity index (χ4v) is 3.39. The molecule has 0 spiro atoms. The molecule has 0 bridgehead atoms. The summed E-state index contributed by atoms with van der Waals surface area (Å²) in [7, 11) is 0. The van der Waals surface area contributed by atoms with Crippen molar-refractivity contribution in [2.24, 2.45) is 0 Å². The SMILES string of the molecule is Cc1c(Br)c(C)n(Cc2ccc(C#N)cc2)c1C(=O)OCc1ccccc1. The van der Waals surface area contributed by atoms with E-state index in [4.69, 9.17) is 10.00 Å². The van der Waals surface area contributed by atoms with Crippen molar-refractivity contribution < 1.29 is 9.53 Å². The summed E-state index contributed by atoms with van der Waals surface area (Å²) in [6.07, 6.45) is 0. The lowest BCUT2D eigenvalue weighted by atomic mass is 10.1. The molecule has 0 aliphatic heterocycles. The van der Waals surface area contributed by atoms with E-state index in [1.54, 1.807) is 12.1 Å². The standard InChI is InChI=1S/C22H19BrN2O2/c1-15-20(23)16(2)25(13-18-10-8-17(12-24)9-11-18)21(15)22(26)27-14-19-6-4-3-5-7-19/h3-11H,13-14H2,1-2H3. The highest BCUT2D eigenvalue weighted by atomic mass is 79.9. The van der Waals surface area contributed by atoms with Gasteiger partial charge in [-0.15, -0.1) is 0 Å². The van der Waals surface area contributed by atoms with Crippen LogP contribution in [0.5, 0.6) is 0 Å². The van der Waals surface area contributed by atoms with Crippen LogP contribution in [-0.2, 0) is 17.9 Å². The number of ether oxygens (including phenoxy) is 1. The number of hydrogen-bond donors (Lipinski definition) is 0. The monoisotopic (exact) mass is 422 g/mol. The number of halogens is 1. The molecular weight excluding hydrogens is 404 g/mol. The Morgan fingerprint density at radius 1 is 1.07 bits per heavy atom. The maximum absolute atomic E-state index is 12.8. The lowest BCUT2D eigenvalue weighted by molar-refractivity contribution is 0.0459. The number of nitrogens with zero attached hydrogens (tertiary/aromatic N) is 2. The predicted molar refractivity (Wildman–Crippen MR) is 107 cm³/mol. The van der Waals surface area contributed by atoms with Crippen molar-refractivity contribution in [2.45, 2.75) is 27.0 Å². The highest BCUT2D eigenvalue weighted by molar-refractivity contribution is 9.10. The van der Waals surface area contributed by atoms with Gasteiger partial charge in [-0.1, -0.05) is 42.5 Å². The number of carbonyl (C=O) groups excluding carboxylic acids is 1. The van der Waals surface area contributed by atoms with E-state index in [1.165, 1.54) is 0 Å². The summed E-state index contributed by atoms with van der Waals surface area (Å²) in [5.74, 6) is -0.348. The van der Waals surface area contributed by atoms with Gasteiger partial charge < -0.3 is 9.30 Å². The summed E-state index contributed by atoms with van der Waals surface area (Å²) < 4.78 is 8.41. The van der Waals surface area contributed by atoms with Crippen LogP contribution in [0.25, 0.3) is 0 Å². The molecule has 0 aliphatic carbocycles. The molecule has 0 radical (unpaired) electrons. The van der Waals surface area contributed by atoms with Crippen molar-refractivity contribution in [3.05, 3.63) is 92.7 Å². The number of aromatic nitrogens is 1. The summed E-state index contributed by atoms with van der Waals surface area (Å²) in [4.78, 5) is 12.8. The molecular formula is C22H19BrN2O2. The van der Waals surface area contributed by atoms with Crippen LogP contribution >= 0.6 is 15.9 Å². The van der Waals surface area contributed by atoms with Gasteiger partial charge in [0.25, 0.3) is 0 Å². The number of nitriles is 1. The zero-order chi connectivity index (χ0) is 19.4. The van der Waals surface area contributed by atoms with Crippen molar-refractivity contribution in [2.75, 3.05) is 0 Å². The predicted octanol–water partition coefficient (Wildman–Crippen LogP) is 5.14. The van der Waals surface area contributed by atoms with Crippen LogP contribution in [0.15, 0.2) is 59.1 Å². The van der Waals surface area contributed by atoms with Crippen LogP contribution in [0.3, 0.4) is 0 Å². The first-order chi connectivity index (χ1) is 13.0. The molecule has 0 atom stereocenters. The second kappa shape index (κ2) is 8.24. The molecule has 4 nitrogen and oxygen atoms in total. The molecule has 136 valence electrons. The third-order valence-electron chi connectivity index (χ3n) is 4.51. The van der Waals surface area contributed by atoms with Crippen LogP contribution < -0.4 is 0 Å². The molecule has 27 heavy (non-hydrogen) atoms. The molecule has 0 aliphatic rings. The van der Waals surface area contributed by atoms with Crippen LogP contribution in [0.2, 0.25) is 0 Å². The summed E-state index contributed by atoms with van der Waals surface area (Å²) in [6, 6.07) is 19.1. The molecule has 1 aromatic heterocycles. The van der Waals surface area contributed by atoms with Gasteiger partial charge in [-0.05, 0) is 58.6 Å². The smallest absolute Gasteiger partial charge is 0.355 e. The molecule has 2 aromatic carbocycles. The number of esters is 1. The Kier molecular flexibility index (Phi) is 5.78. The topological polar surface area (TPSA) is 55.0 Å². The van der Waals surface area contributed by atoms with Gasteiger partial charge in [-0.2, -0.15) is 5.26 Å². The molecule has 1 heterocycles. The van der Waals surface area contributed by atoms with Crippen molar-refractivity contribution in [3.8, 4) is 6.07 Å². The Balaban J connectivity index is 1.86. The second-order valence-electron chi connectivity index (χ2n) is 6.33. The van der Waals surface area contributed by atoms with Crippen LogP contribution in [0, 0.1) is 25.2 Å². The molecule has 3 rings (SSSR count). The molecule has 3 aromatic rings. The molecule has 0 saturated carbocycles. The lowest BCUT2D eigenvalue weighted by Crippen LogP contribution is -2.15. The van der Waals surface area contributed by atoms with Crippen molar-refractivity contribution in [1.29, 1.82) is 5.26 Å². The van der Waals surface area contributed by atoms with Gasteiger partial charge >= 0.3 is 5.97 Å². The summed E-state index contributed by atoms with van der Waals surface area (Å²) >= 11 is 3.58. The van der Waals surface area contributed by atoms with Crippen LogP contribution in [0.1, 0.15) is 38.4 Å². The van der Waals surface area contributed by atoms with E-state index in [9.17, 15) is 4.79 Å². The van der Waals surface area contributed by atoms with Crippen molar-refractivity contribution in [1.82, 2.24) is 4.57 Å². The number of hydrogen-bond acceptors (Lipinski definition) is 3. The van der Waals surface area contributed by atoms with Crippen molar-refractivity contribution in [3.63, 3.8) is 0 Å². The van der Waals surface area contributed by atoms with E-state index in [1.807, 2.05) is 60.9 Å². The van der Waals surface area contributed by atoms with E-state index in [0.717, 1.165) is 26.9 Å². The van der Waals surface area contributed by atoms with Gasteiger partial charge in [-0.3, -0.25) is 0 Å². The number of benzene rings is 2. The van der Waals surface area contributed by atoms with Gasteiger partial charge in [0.1, 0.15) is 12.3 Å². The largest absolute Gasteiger partial charge is 0.456 e. The highest BCUT2D eigenvalue weighted by Gasteiger charge is 2.23. The normalized spacial score (nSPS) is 10.4. The highest BCUT2D eigenvalue weighted by Crippen LogP contribution is 2.29. The Morgan fingerprint density at radius 3 is 2.37 bits per heavy atom. The van der Waals surface area contributed by atoms with Crippen LogP contribution in [0.4, 0.5) is 0 Å². The lowest BCUT2D eigenvalue weighted by Gasteiger charge is -2.12. The third-order valence-corrected chi connectivity index (χ3v) is 5.68. The quantitative estimate of drug-likeness (QED) is 0.534. The summed E-state index contributed by atoms with van der Waals surface area (Å²) in [5.41, 5.74) is 4.94. The number of carbonyl (C=O) groups is 1. The summed E-state index contributed by atoms with van der Waals surface area (Å²) in [6.45, 7) is 4.64. The zero-order valence-electron chi connectivity index (χ0n) is 15.2. The molecule has 5 heteroatoms. The van der Waals surface area contributed by atoms with Gasteiger partial charge in [0.2, 0.25) is 0 Å². The fourth-order valence-electron chi connectivity index (χ4n) is 2.98. The van der Waals surface area contributed by atoms with Gasteiger partial charge in [0.05, 0.1) is 11.6 Å². The van der Waals surface area contributed by atoms with Crippen LogP contribution in [-0.4, -0.2) is 10.5 Å². The minimum Gasteiger partial charge on any atom is -0.456 e. The Hall–Kier alpha value is -2.84. The summed E-state index contributed by atoms with van der Waals surface area (Å²) in [5, 5.41) is 8.95. The molecule has 0 unspecified atom stereocenters. The molecule has 0 fully saturated rings. The van der Waals surface area contributed by atoms with E-state index >= 15 is 0 Å². The van der Waals surface area contributed by atoms with Gasteiger partial charge in [-0.25, -0.2) is 4.79 Å².